The van der Waals surface area contributed by atoms with E-state index in [0.29, 0.717) is 5.75 Å². The van der Waals surface area contributed by atoms with Crippen LogP contribution in [0.15, 0.2) is 30.3 Å². The lowest BCUT2D eigenvalue weighted by atomic mass is 10.3. The van der Waals surface area contributed by atoms with Crippen LogP contribution in [-0.4, -0.2) is 18.4 Å². The molecule has 2 amide bonds. The number of carbonyl (C=O) groups excluding carboxylic acids is 2. The molecule has 1 aromatic rings. The van der Waals surface area contributed by atoms with E-state index >= 15 is 0 Å². The van der Waals surface area contributed by atoms with Crippen molar-refractivity contribution in [2.75, 3.05) is 6.61 Å². The van der Waals surface area contributed by atoms with Crippen LogP contribution in [0.5, 0.6) is 5.75 Å². The van der Waals surface area contributed by atoms with Crippen molar-refractivity contribution in [1.29, 1.82) is 0 Å². The van der Waals surface area contributed by atoms with Gasteiger partial charge in [0.05, 0.1) is 0 Å². The van der Waals surface area contributed by atoms with E-state index in [1.54, 1.807) is 24.3 Å². The highest BCUT2D eigenvalue weighted by molar-refractivity contribution is 5.94. The van der Waals surface area contributed by atoms with Gasteiger partial charge < -0.3 is 4.74 Å². The van der Waals surface area contributed by atoms with Gasteiger partial charge in [-0.1, -0.05) is 18.2 Å². The summed E-state index contributed by atoms with van der Waals surface area (Å²) in [5, 5.41) is 2.11. The Labute approximate surface area is 94.0 Å². The molecule has 1 aromatic carbocycles. The lowest BCUT2D eigenvalue weighted by Gasteiger charge is -2.04. The molecule has 0 radical (unpaired) electrons. The van der Waals surface area contributed by atoms with Crippen molar-refractivity contribution in [3.63, 3.8) is 0 Å². The van der Waals surface area contributed by atoms with E-state index < -0.39 is 5.91 Å². The Kier molecular flexibility index (Phi) is 6.13. The van der Waals surface area contributed by atoms with Gasteiger partial charge in [0.2, 0.25) is 5.91 Å². The number of para-hydroxylation sites is 1. The van der Waals surface area contributed by atoms with E-state index in [1.165, 1.54) is 6.92 Å². The number of nitrogens with one attached hydrogen (secondary N) is 1. The molecular weight excluding hydrogens is 218 g/mol. The molecule has 0 aliphatic heterocycles. The number of amides is 2. The molecule has 0 saturated heterocycles. The number of imide groups is 1. The molecule has 1 N–H and O–H groups in total. The Morgan fingerprint density at radius 1 is 1.27 bits per heavy atom. The Balaban J connectivity index is 0.00000196. The largest absolute Gasteiger partial charge is 0.484 e. The fourth-order valence-corrected chi connectivity index (χ4v) is 0.898. The topological polar surface area (TPSA) is 55.4 Å². The smallest absolute Gasteiger partial charge is 0.264 e. The van der Waals surface area contributed by atoms with Gasteiger partial charge in [0.1, 0.15) is 5.75 Å². The normalized spacial score (nSPS) is 8.60. The van der Waals surface area contributed by atoms with Gasteiger partial charge in [-0.25, -0.2) is 0 Å². The zero-order chi connectivity index (χ0) is 10.4. The van der Waals surface area contributed by atoms with Crippen molar-refractivity contribution in [1.82, 2.24) is 5.32 Å². The number of halogens is 1. The highest BCUT2D eigenvalue weighted by Crippen LogP contribution is 2.07. The minimum atomic E-state index is -0.443. The summed E-state index contributed by atoms with van der Waals surface area (Å²) in [5.74, 6) is -0.223. The number of ether oxygens (including phenoxy) is 1. The quantitative estimate of drug-likeness (QED) is 0.846. The molecule has 0 fully saturated rings. The minimum Gasteiger partial charge on any atom is -0.484 e. The number of hydrogen-bond donors (Lipinski definition) is 1. The van der Waals surface area contributed by atoms with Gasteiger partial charge in [-0.15, -0.1) is 12.4 Å². The van der Waals surface area contributed by atoms with Gasteiger partial charge in [-0.3, -0.25) is 14.9 Å². The second kappa shape index (κ2) is 6.84. The Morgan fingerprint density at radius 3 is 2.40 bits per heavy atom. The average molecular weight is 230 g/mol. The maximum atomic E-state index is 11.0. The van der Waals surface area contributed by atoms with Gasteiger partial charge in [-0.2, -0.15) is 0 Å². The van der Waals surface area contributed by atoms with E-state index in [4.69, 9.17) is 4.74 Å². The summed E-state index contributed by atoms with van der Waals surface area (Å²) in [6, 6.07) is 8.93. The molecule has 0 saturated carbocycles. The maximum Gasteiger partial charge on any atom is 0.264 e. The predicted molar refractivity (Wildman–Crippen MR) is 58.0 cm³/mol. The highest BCUT2D eigenvalue weighted by atomic mass is 35.5. The second-order valence-electron chi connectivity index (χ2n) is 2.71. The van der Waals surface area contributed by atoms with Crippen LogP contribution in [0.25, 0.3) is 0 Å². The zero-order valence-electron chi connectivity index (χ0n) is 8.23. The number of carbonyl (C=O) groups is 2. The molecule has 4 nitrogen and oxygen atoms in total. The molecule has 5 heteroatoms. The molecule has 15 heavy (non-hydrogen) atoms. The Bertz CT molecular complexity index is 327. The summed E-state index contributed by atoms with van der Waals surface area (Å²) >= 11 is 0. The van der Waals surface area contributed by atoms with Crippen LogP contribution in [-0.2, 0) is 9.59 Å². The fourth-order valence-electron chi connectivity index (χ4n) is 0.898. The Morgan fingerprint density at radius 2 is 1.87 bits per heavy atom. The van der Waals surface area contributed by atoms with Gasteiger partial charge in [0, 0.05) is 6.92 Å². The monoisotopic (exact) mass is 229 g/mol. The third-order valence-corrected chi connectivity index (χ3v) is 1.43. The highest BCUT2D eigenvalue weighted by Gasteiger charge is 2.03. The number of hydrogen-bond acceptors (Lipinski definition) is 3. The van der Waals surface area contributed by atoms with Crippen LogP contribution in [0.4, 0.5) is 0 Å². The van der Waals surface area contributed by atoms with E-state index in [0.717, 1.165) is 0 Å². The van der Waals surface area contributed by atoms with Gasteiger partial charge >= 0.3 is 0 Å². The van der Waals surface area contributed by atoms with Crippen LogP contribution >= 0.6 is 12.4 Å². The maximum absolute atomic E-state index is 11.0. The van der Waals surface area contributed by atoms with E-state index in [9.17, 15) is 9.59 Å². The van der Waals surface area contributed by atoms with E-state index in [1.807, 2.05) is 6.07 Å². The first kappa shape index (κ1) is 13.5. The molecular formula is C10H12ClNO3. The van der Waals surface area contributed by atoms with Crippen LogP contribution < -0.4 is 10.1 Å². The van der Waals surface area contributed by atoms with Crippen molar-refractivity contribution in [3.05, 3.63) is 30.3 Å². The van der Waals surface area contributed by atoms with Gasteiger partial charge in [0.15, 0.2) is 6.61 Å². The van der Waals surface area contributed by atoms with Crippen molar-refractivity contribution in [2.45, 2.75) is 6.92 Å². The van der Waals surface area contributed by atoms with Crippen molar-refractivity contribution in [2.24, 2.45) is 0 Å². The summed E-state index contributed by atoms with van der Waals surface area (Å²) in [5.41, 5.74) is 0. The summed E-state index contributed by atoms with van der Waals surface area (Å²) in [6.07, 6.45) is 0. The van der Waals surface area contributed by atoms with Crippen LogP contribution in [0.1, 0.15) is 6.92 Å². The van der Waals surface area contributed by atoms with Crippen molar-refractivity contribution < 1.29 is 14.3 Å². The summed E-state index contributed by atoms with van der Waals surface area (Å²) in [4.78, 5) is 21.4. The molecule has 82 valence electrons. The summed E-state index contributed by atoms with van der Waals surface area (Å²) in [7, 11) is 0. The van der Waals surface area contributed by atoms with Crippen molar-refractivity contribution in [3.8, 4) is 5.75 Å². The minimum absolute atomic E-state index is 0. The fraction of sp³-hybridized carbons (Fsp3) is 0.200. The van der Waals surface area contributed by atoms with Crippen LogP contribution in [0, 0.1) is 0 Å². The standard InChI is InChI=1S/C10H11NO3.ClH/c1-8(12)11-10(13)7-14-9-5-3-2-4-6-9;/h2-6H,7H2,1H3,(H,11,12,13);1H. The van der Waals surface area contributed by atoms with Gasteiger partial charge in [0.25, 0.3) is 5.91 Å². The first-order valence-corrected chi connectivity index (χ1v) is 4.17. The van der Waals surface area contributed by atoms with Crippen molar-refractivity contribution >= 4 is 24.2 Å². The van der Waals surface area contributed by atoms with E-state index in [2.05, 4.69) is 5.32 Å². The number of rotatable bonds is 3. The lowest BCUT2D eigenvalue weighted by Crippen LogP contribution is -2.32. The molecule has 0 bridgehead atoms. The third-order valence-electron chi connectivity index (χ3n) is 1.43. The lowest BCUT2D eigenvalue weighted by molar-refractivity contribution is -0.130. The molecule has 0 aliphatic rings. The Hall–Kier alpha value is -1.55. The first-order chi connectivity index (χ1) is 6.68. The molecule has 0 atom stereocenters. The van der Waals surface area contributed by atoms with Crippen LogP contribution in [0.3, 0.4) is 0 Å². The number of benzene rings is 1. The summed E-state index contributed by atoms with van der Waals surface area (Å²) in [6.45, 7) is 1.13. The SMILES string of the molecule is CC(=O)NC(=O)COc1ccccc1.Cl. The molecule has 0 aromatic heterocycles. The molecule has 0 aliphatic carbocycles. The molecule has 0 heterocycles. The van der Waals surface area contributed by atoms with E-state index in [-0.39, 0.29) is 24.9 Å². The molecule has 0 spiro atoms. The predicted octanol–water partition coefficient (Wildman–Crippen LogP) is 1.15. The molecule has 1 rings (SSSR count). The summed E-state index contributed by atoms with van der Waals surface area (Å²) < 4.78 is 5.10. The third kappa shape index (κ3) is 5.70. The molecule has 0 unspecified atom stereocenters. The first-order valence-electron chi connectivity index (χ1n) is 4.17. The van der Waals surface area contributed by atoms with Gasteiger partial charge in [-0.05, 0) is 12.1 Å². The van der Waals surface area contributed by atoms with Crippen LogP contribution in [0.2, 0.25) is 0 Å². The average Bonchev–Trinajstić information content (AvgIpc) is 2.15. The zero-order valence-corrected chi connectivity index (χ0v) is 9.04. The second-order valence-corrected chi connectivity index (χ2v) is 2.71.